The molecule has 5 atom stereocenters. The third-order valence-electron chi connectivity index (χ3n) is 5.66. The van der Waals surface area contributed by atoms with Gasteiger partial charge in [-0.3, -0.25) is 9.59 Å². The van der Waals surface area contributed by atoms with Crippen molar-refractivity contribution in [3.05, 3.63) is 12.2 Å². The van der Waals surface area contributed by atoms with E-state index in [2.05, 4.69) is 39.8 Å². The van der Waals surface area contributed by atoms with Crippen molar-refractivity contribution in [2.45, 2.75) is 78.9 Å². The van der Waals surface area contributed by atoms with Gasteiger partial charge in [-0.15, -0.1) is 0 Å². The van der Waals surface area contributed by atoms with E-state index in [1.165, 1.54) is 6.92 Å². The van der Waals surface area contributed by atoms with Crippen molar-refractivity contribution in [1.82, 2.24) is 0 Å². The maximum Gasteiger partial charge on any atom is 0.306 e. The molecule has 0 bridgehead atoms. The molecule has 136 valence electrons. The van der Waals surface area contributed by atoms with Crippen molar-refractivity contribution >= 4 is 11.9 Å². The van der Waals surface area contributed by atoms with Crippen molar-refractivity contribution in [3.8, 4) is 0 Å². The third kappa shape index (κ3) is 4.40. The Hall–Kier alpha value is -1.32. The first kappa shape index (κ1) is 19.0. The van der Waals surface area contributed by atoms with E-state index in [0.29, 0.717) is 18.3 Å². The van der Waals surface area contributed by atoms with Crippen LogP contribution in [0.15, 0.2) is 12.2 Å². The Bertz CT molecular complexity index is 494. The van der Waals surface area contributed by atoms with E-state index in [9.17, 15) is 9.59 Å². The number of fused-ring (bicyclic) bond motifs is 1. The topological polar surface area (TPSA) is 52.6 Å². The SMILES string of the molecule is CCCCC(C)(C)[C@@H](C=C[C@@H]1[C@H]2CC(=O)O[C@H]2C[C@H]1C)OC(C)=O. The van der Waals surface area contributed by atoms with Crippen LogP contribution in [0.1, 0.15) is 66.7 Å². The predicted molar refractivity (Wildman–Crippen MR) is 93.3 cm³/mol. The summed E-state index contributed by atoms with van der Waals surface area (Å²) in [5, 5.41) is 0. The number of ether oxygens (including phenoxy) is 2. The molecule has 1 aliphatic heterocycles. The van der Waals surface area contributed by atoms with Crippen molar-refractivity contribution < 1.29 is 19.1 Å². The fourth-order valence-electron chi connectivity index (χ4n) is 4.15. The Morgan fingerprint density at radius 2 is 2.17 bits per heavy atom. The van der Waals surface area contributed by atoms with Crippen molar-refractivity contribution in [3.63, 3.8) is 0 Å². The highest BCUT2D eigenvalue weighted by Crippen LogP contribution is 2.45. The average molecular weight is 336 g/mol. The molecule has 0 radical (unpaired) electrons. The van der Waals surface area contributed by atoms with Gasteiger partial charge in [0.1, 0.15) is 12.2 Å². The Kier molecular flexibility index (Phi) is 6.11. The predicted octanol–water partition coefficient (Wildman–Crippen LogP) is 4.28. The minimum absolute atomic E-state index is 0.0717. The van der Waals surface area contributed by atoms with E-state index < -0.39 is 0 Å². The van der Waals surface area contributed by atoms with Crippen LogP contribution in [0.2, 0.25) is 0 Å². The maximum atomic E-state index is 11.6. The summed E-state index contributed by atoms with van der Waals surface area (Å²) in [5.74, 6) is 0.768. The van der Waals surface area contributed by atoms with E-state index >= 15 is 0 Å². The van der Waals surface area contributed by atoms with Gasteiger partial charge in [-0.05, 0) is 30.8 Å². The lowest BCUT2D eigenvalue weighted by atomic mass is 9.80. The molecule has 0 spiro atoms. The third-order valence-corrected chi connectivity index (χ3v) is 5.66. The maximum absolute atomic E-state index is 11.6. The van der Waals surface area contributed by atoms with Crippen LogP contribution in [0.5, 0.6) is 0 Å². The summed E-state index contributed by atoms with van der Waals surface area (Å²) in [4.78, 5) is 23.1. The lowest BCUT2D eigenvalue weighted by Crippen LogP contribution is -2.32. The summed E-state index contributed by atoms with van der Waals surface area (Å²) in [6.07, 6.45) is 8.79. The molecule has 4 heteroatoms. The normalized spacial score (nSPS) is 31.1. The highest BCUT2D eigenvalue weighted by Gasteiger charge is 2.47. The number of rotatable bonds is 7. The fourth-order valence-corrected chi connectivity index (χ4v) is 4.15. The zero-order chi connectivity index (χ0) is 17.9. The molecule has 1 saturated carbocycles. The largest absolute Gasteiger partial charge is 0.462 e. The zero-order valence-electron chi connectivity index (χ0n) is 15.7. The van der Waals surface area contributed by atoms with Gasteiger partial charge in [-0.2, -0.15) is 0 Å². The quantitative estimate of drug-likeness (QED) is 0.514. The molecule has 2 aliphatic rings. The molecule has 0 N–H and O–H groups in total. The number of unbranched alkanes of at least 4 members (excludes halogenated alkanes) is 1. The minimum Gasteiger partial charge on any atom is -0.462 e. The van der Waals surface area contributed by atoms with Crippen LogP contribution in [-0.4, -0.2) is 24.1 Å². The highest BCUT2D eigenvalue weighted by molar-refractivity contribution is 5.72. The number of carbonyl (C=O) groups excluding carboxylic acids is 2. The van der Waals surface area contributed by atoms with Gasteiger partial charge >= 0.3 is 11.9 Å². The lowest BCUT2D eigenvalue weighted by molar-refractivity contribution is -0.149. The molecule has 0 amide bonds. The zero-order valence-corrected chi connectivity index (χ0v) is 15.7. The van der Waals surface area contributed by atoms with Gasteiger partial charge in [0.2, 0.25) is 0 Å². The van der Waals surface area contributed by atoms with Crippen LogP contribution in [0.4, 0.5) is 0 Å². The molecule has 1 saturated heterocycles. The Morgan fingerprint density at radius 3 is 2.79 bits per heavy atom. The summed E-state index contributed by atoms with van der Waals surface area (Å²) in [6.45, 7) is 10.2. The van der Waals surface area contributed by atoms with Crippen LogP contribution in [0.3, 0.4) is 0 Å². The number of esters is 2. The second kappa shape index (κ2) is 7.71. The van der Waals surface area contributed by atoms with Crippen LogP contribution < -0.4 is 0 Å². The second-order valence-electron chi connectivity index (χ2n) is 8.19. The van der Waals surface area contributed by atoms with Crippen LogP contribution in [0.25, 0.3) is 0 Å². The average Bonchev–Trinajstić information content (AvgIpc) is 2.96. The van der Waals surface area contributed by atoms with Gasteiger partial charge < -0.3 is 9.47 Å². The fraction of sp³-hybridized carbons (Fsp3) is 0.800. The summed E-state index contributed by atoms with van der Waals surface area (Å²) in [7, 11) is 0. The van der Waals surface area contributed by atoms with E-state index in [1.807, 2.05) is 0 Å². The number of hydrogen-bond donors (Lipinski definition) is 0. The van der Waals surface area contributed by atoms with Crippen LogP contribution in [-0.2, 0) is 19.1 Å². The molecule has 2 fully saturated rings. The van der Waals surface area contributed by atoms with Gasteiger partial charge in [0.15, 0.2) is 0 Å². The summed E-state index contributed by atoms with van der Waals surface area (Å²) in [5.41, 5.74) is -0.0958. The van der Waals surface area contributed by atoms with Crippen LogP contribution >= 0.6 is 0 Å². The second-order valence-corrected chi connectivity index (χ2v) is 8.19. The molecule has 4 nitrogen and oxygen atoms in total. The van der Waals surface area contributed by atoms with E-state index in [4.69, 9.17) is 9.47 Å². The van der Waals surface area contributed by atoms with Gasteiger partial charge in [0.25, 0.3) is 0 Å². The summed E-state index contributed by atoms with van der Waals surface area (Å²) in [6, 6.07) is 0. The monoisotopic (exact) mass is 336 g/mol. The minimum atomic E-state index is -0.244. The first-order valence-electron chi connectivity index (χ1n) is 9.29. The molecular weight excluding hydrogens is 304 g/mol. The molecule has 0 aromatic heterocycles. The van der Waals surface area contributed by atoms with Gasteiger partial charge in [0, 0.05) is 18.3 Å². The van der Waals surface area contributed by atoms with Gasteiger partial charge in [0.05, 0.1) is 6.42 Å². The Balaban J connectivity index is 2.11. The highest BCUT2D eigenvalue weighted by atomic mass is 16.6. The van der Waals surface area contributed by atoms with E-state index in [1.54, 1.807) is 0 Å². The van der Waals surface area contributed by atoms with Crippen LogP contribution in [0, 0.1) is 23.2 Å². The Labute approximate surface area is 146 Å². The molecule has 1 heterocycles. The van der Waals surface area contributed by atoms with Gasteiger partial charge in [-0.1, -0.05) is 46.6 Å². The molecule has 0 aromatic carbocycles. The van der Waals surface area contributed by atoms with Crippen molar-refractivity contribution in [1.29, 1.82) is 0 Å². The van der Waals surface area contributed by atoms with E-state index in [-0.39, 0.29) is 35.5 Å². The molecule has 2 rings (SSSR count). The van der Waals surface area contributed by atoms with Gasteiger partial charge in [-0.25, -0.2) is 0 Å². The molecule has 0 unspecified atom stereocenters. The molecule has 24 heavy (non-hydrogen) atoms. The lowest BCUT2D eigenvalue weighted by Gasteiger charge is -2.32. The number of carbonyl (C=O) groups is 2. The number of allylic oxidation sites excluding steroid dienone is 1. The Morgan fingerprint density at radius 1 is 1.46 bits per heavy atom. The smallest absolute Gasteiger partial charge is 0.306 e. The summed E-state index contributed by atoms with van der Waals surface area (Å²) >= 11 is 0. The standard InChI is InChI=1S/C20H32O4/c1-6-7-10-20(4,5)18(23-14(3)21)9-8-15-13(2)11-17-16(15)12-19(22)24-17/h8-9,13,15-18H,6-7,10-12H2,1-5H3/t13-,15+,16-,17+,18-/m1/s1. The molecule has 1 aliphatic carbocycles. The number of hydrogen-bond acceptors (Lipinski definition) is 4. The first-order chi connectivity index (χ1) is 11.2. The summed E-state index contributed by atoms with van der Waals surface area (Å²) < 4.78 is 11.0. The molecule has 0 aromatic rings. The van der Waals surface area contributed by atoms with E-state index in [0.717, 1.165) is 25.7 Å². The van der Waals surface area contributed by atoms with Crippen molar-refractivity contribution in [2.24, 2.45) is 23.2 Å². The molecular formula is C20H32O4. The first-order valence-corrected chi connectivity index (χ1v) is 9.29. The van der Waals surface area contributed by atoms with Crippen molar-refractivity contribution in [2.75, 3.05) is 0 Å².